The third-order valence-corrected chi connectivity index (χ3v) is 10.0. The second-order valence-electron chi connectivity index (χ2n) is 5.80. The lowest BCUT2D eigenvalue weighted by molar-refractivity contribution is 0.195. The summed E-state index contributed by atoms with van der Waals surface area (Å²) in [5.74, 6) is 0. The van der Waals surface area contributed by atoms with Crippen LogP contribution in [-0.4, -0.2) is 36.8 Å². The number of H-pyrrole nitrogens is 1. The Hall–Kier alpha value is -0.940. The lowest BCUT2D eigenvalue weighted by atomic mass is 10.1. The standard InChI is InChI=1S/C18H29NO6P2/c1-5-22-26(20,23-6-2)18(27(21,24-7-3)25-8-4)13-15-14-19-17-12-10-9-11-16(15)17/h9-12,14,18-19H,5-8,13H2,1-4H3. The van der Waals surface area contributed by atoms with Crippen LogP contribution in [-0.2, 0) is 33.6 Å². The summed E-state index contributed by atoms with van der Waals surface area (Å²) in [5, 5.41) is -0.0920. The molecule has 0 aliphatic rings. The minimum Gasteiger partial charge on any atom is -0.361 e. The summed E-state index contributed by atoms with van der Waals surface area (Å²) in [7, 11) is -7.51. The van der Waals surface area contributed by atoms with Gasteiger partial charge in [-0.05, 0) is 39.3 Å². The van der Waals surface area contributed by atoms with Crippen molar-refractivity contribution in [3.8, 4) is 0 Å². The van der Waals surface area contributed by atoms with E-state index in [9.17, 15) is 9.13 Å². The van der Waals surface area contributed by atoms with Gasteiger partial charge in [-0.1, -0.05) is 18.2 Å². The van der Waals surface area contributed by atoms with Gasteiger partial charge in [0.15, 0.2) is 5.40 Å². The highest BCUT2D eigenvalue weighted by molar-refractivity contribution is 7.72. The second kappa shape index (κ2) is 10.0. The Kier molecular flexibility index (Phi) is 8.29. The number of para-hydroxylation sites is 1. The number of rotatable bonds is 12. The van der Waals surface area contributed by atoms with Gasteiger partial charge in [-0.25, -0.2) is 0 Å². The minimum atomic E-state index is -3.76. The molecule has 0 unspecified atom stereocenters. The fourth-order valence-electron chi connectivity index (χ4n) is 3.03. The van der Waals surface area contributed by atoms with Gasteiger partial charge in [0.05, 0.1) is 26.4 Å². The van der Waals surface area contributed by atoms with E-state index in [2.05, 4.69) is 4.98 Å². The van der Waals surface area contributed by atoms with Crippen molar-refractivity contribution in [1.29, 1.82) is 0 Å². The zero-order chi connectivity index (χ0) is 19.9. The first-order valence-corrected chi connectivity index (χ1v) is 12.5. The highest BCUT2D eigenvalue weighted by Gasteiger charge is 2.50. The SMILES string of the molecule is CCOP(=O)(OCC)C(Cc1c[nH]c2ccccc12)P(=O)(OCC)OCC. The molecule has 0 bridgehead atoms. The Morgan fingerprint density at radius 1 is 0.852 bits per heavy atom. The van der Waals surface area contributed by atoms with Crippen LogP contribution in [0.2, 0.25) is 0 Å². The molecule has 0 amide bonds. The van der Waals surface area contributed by atoms with Gasteiger partial charge in [0.1, 0.15) is 0 Å². The van der Waals surface area contributed by atoms with Crippen LogP contribution in [0, 0.1) is 0 Å². The van der Waals surface area contributed by atoms with Gasteiger partial charge in [0.2, 0.25) is 0 Å². The van der Waals surface area contributed by atoms with Crippen LogP contribution in [0.25, 0.3) is 10.9 Å². The van der Waals surface area contributed by atoms with Gasteiger partial charge in [0, 0.05) is 23.5 Å². The minimum absolute atomic E-state index is 0.167. The topological polar surface area (TPSA) is 86.9 Å². The number of aromatic amines is 1. The molecule has 2 aromatic rings. The zero-order valence-corrected chi connectivity index (χ0v) is 18.1. The molecule has 1 N–H and O–H groups in total. The molecule has 7 nitrogen and oxygen atoms in total. The second-order valence-corrected chi connectivity index (χ2v) is 10.6. The van der Waals surface area contributed by atoms with E-state index in [4.69, 9.17) is 18.1 Å². The third kappa shape index (κ3) is 5.11. The van der Waals surface area contributed by atoms with Crippen LogP contribution >= 0.6 is 15.2 Å². The summed E-state index contributed by atoms with van der Waals surface area (Å²) in [5.41, 5.74) is 1.80. The van der Waals surface area contributed by atoms with Gasteiger partial charge < -0.3 is 23.1 Å². The lowest BCUT2D eigenvalue weighted by Crippen LogP contribution is -2.20. The van der Waals surface area contributed by atoms with Crippen LogP contribution in [0.1, 0.15) is 33.3 Å². The molecule has 1 heterocycles. The fourth-order valence-corrected chi connectivity index (χ4v) is 8.34. The van der Waals surface area contributed by atoms with Crippen molar-refractivity contribution in [2.24, 2.45) is 0 Å². The molecule has 0 radical (unpaired) electrons. The normalized spacial score (nSPS) is 12.9. The summed E-state index contributed by atoms with van der Waals surface area (Å²) in [4.78, 5) is 3.18. The molecule has 0 aliphatic heterocycles. The maximum absolute atomic E-state index is 13.6. The Morgan fingerprint density at radius 2 is 1.33 bits per heavy atom. The number of hydrogen-bond acceptors (Lipinski definition) is 6. The molecule has 1 aromatic heterocycles. The number of nitrogens with one attached hydrogen (secondary N) is 1. The van der Waals surface area contributed by atoms with E-state index in [0.717, 1.165) is 16.5 Å². The van der Waals surface area contributed by atoms with E-state index < -0.39 is 20.6 Å². The maximum atomic E-state index is 13.6. The molecular formula is C18H29NO6P2. The molecule has 0 aliphatic carbocycles. The van der Waals surface area contributed by atoms with Crippen molar-refractivity contribution in [2.75, 3.05) is 26.4 Å². The Labute approximate surface area is 160 Å². The van der Waals surface area contributed by atoms with Crippen LogP contribution in [0.15, 0.2) is 30.5 Å². The highest BCUT2D eigenvalue weighted by atomic mass is 31.2. The largest absolute Gasteiger partial charge is 0.361 e. The van der Waals surface area contributed by atoms with E-state index in [1.165, 1.54) is 0 Å². The van der Waals surface area contributed by atoms with Crippen molar-refractivity contribution >= 4 is 26.1 Å². The first-order valence-electron chi connectivity index (χ1n) is 9.26. The van der Waals surface area contributed by atoms with Gasteiger partial charge in [-0.3, -0.25) is 9.13 Å². The lowest BCUT2D eigenvalue weighted by Gasteiger charge is -2.31. The number of fused-ring (bicyclic) bond motifs is 1. The Bertz CT molecular complexity index is 771. The molecule has 27 heavy (non-hydrogen) atoms. The van der Waals surface area contributed by atoms with Crippen LogP contribution in [0.3, 0.4) is 0 Å². The summed E-state index contributed by atoms with van der Waals surface area (Å²) in [6.07, 6.45) is 2.00. The molecule has 0 saturated heterocycles. The molecule has 1 aromatic carbocycles. The molecule has 0 saturated carbocycles. The average Bonchev–Trinajstić information content (AvgIpc) is 3.03. The van der Waals surface area contributed by atoms with E-state index in [-0.39, 0.29) is 32.8 Å². The average molecular weight is 417 g/mol. The van der Waals surface area contributed by atoms with Gasteiger partial charge in [0.25, 0.3) is 0 Å². The molecule has 0 atom stereocenters. The number of hydrogen-bond donors (Lipinski definition) is 1. The van der Waals surface area contributed by atoms with Crippen LogP contribution in [0.4, 0.5) is 0 Å². The van der Waals surface area contributed by atoms with Crippen molar-refractivity contribution in [1.82, 2.24) is 4.98 Å². The molecule has 0 fully saturated rings. The fraction of sp³-hybridized carbons (Fsp3) is 0.556. The van der Waals surface area contributed by atoms with Crippen molar-refractivity contribution in [2.45, 2.75) is 39.5 Å². The van der Waals surface area contributed by atoms with Crippen molar-refractivity contribution in [3.63, 3.8) is 0 Å². The van der Waals surface area contributed by atoms with Crippen molar-refractivity contribution < 1.29 is 27.2 Å². The highest BCUT2D eigenvalue weighted by Crippen LogP contribution is 2.71. The predicted octanol–water partition coefficient (Wildman–Crippen LogP) is 5.57. The van der Waals surface area contributed by atoms with Gasteiger partial charge >= 0.3 is 15.2 Å². The molecule has 2 rings (SSSR count). The van der Waals surface area contributed by atoms with Crippen LogP contribution < -0.4 is 0 Å². The first kappa shape index (κ1) is 22.4. The quantitative estimate of drug-likeness (QED) is 0.455. The van der Waals surface area contributed by atoms with E-state index in [1.807, 2.05) is 30.5 Å². The predicted molar refractivity (Wildman–Crippen MR) is 108 cm³/mol. The maximum Gasteiger partial charge on any atom is 0.346 e. The molecular weight excluding hydrogens is 388 g/mol. The van der Waals surface area contributed by atoms with E-state index >= 15 is 0 Å². The summed E-state index contributed by atoms with van der Waals surface area (Å²) in [6.45, 7) is 7.56. The van der Waals surface area contributed by atoms with Crippen LogP contribution in [0.5, 0.6) is 0 Å². The van der Waals surface area contributed by atoms with E-state index in [0.29, 0.717) is 0 Å². The molecule has 9 heteroatoms. The Balaban J connectivity index is 2.54. The Morgan fingerprint density at radius 3 is 1.81 bits per heavy atom. The third-order valence-electron chi connectivity index (χ3n) is 4.04. The number of benzene rings is 1. The summed E-state index contributed by atoms with van der Waals surface area (Å²) >= 11 is 0. The van der Waals surface area contributed by atoms with E-state index in [1.54, 1.807) is 27.7 Å². The summed E-state index contributed by atoms with van der Waals surface area (Å²) < 4.78 is 49.3. The summed E-state index contributed by atoms with van der Waals surface area (Å²) in [6, 6.07) is 7.75. The smallest absolute Gasteiger partial charge is 0.346 e. The van der Waals surface area contributed by atoms with Gasteiger partial charge in [-0.2, -0.15) is 0 Å². The number of aromatic nitrogens is 1. The molecule has 0 spiro atoms. The monoisotopic (exact) mass is 417 g/mol. The van der Waals surface area contributed by atoms with Crippen molar-refractivity contribution in [3.05, 3.63) is 36.0 Å². The molecule has 152 valence electrons. The first-order chi connectivity index (χ1) is 12.9. The van der Waals surface area contributed by atoms with Gasteiger partial charge in [-0.15, -0.1) is 0 Å². The zero-order valence-electron chi connectivity index (χ0n) is 16.3.